The molecule has 24 heavy (non-hydrogen) atoms. The van der Waals surface area contributed by atoms with Crippen LogP contribution in [0, 0.1) is 11.3 Å². The van der Waals surface area contributed by atoms with Gasteiger partial charge in [-0.3, -0.25) is 4.79 Å². The molecule has 1 spiro atoms. The van der Waals surface area contributed by atoms with Crippen LogP contribution >= 0.6 is 0 Å². The smallest absolute Gasteiger partial charge is 0.403 e. The molecule has 0 N–H and O–H groups in total. The average Bonchev–Trinajstić information content (AvgIpc) is 2.64. The van der Waals surface area contributed by atoms with Crippen LogP contribution in [0.15, 0.2) is 0 Å². The monoisotopic (exact) mass is 343 g/mol. The Bertz CT molecular complexity index is 480. The van der Waals surface area contributed by atoms with E-state index in [2.05, 4.69) is 27.7 Å². The maximum absolute atomic E-state index is 12.5. The van der Waals surface area contributed by atoms with Gasteiger partial charge in [-0.2, -0.15) is 8.78 Å². The van der Waals surface area contributed by atoms with Crippen molar-refractivity contribution in [3.05, 3.63) is 0 Å². The zero-order valence-electron chi connectivity index (χ0n) is 15.1. The van der Waals surface area contributed by atoms with Crippen LogP contribution in [-0.4, -0.2) is 48.6 Å². The fourth-order valence-corrected chi connectivity index (χ4v) is 4.41. The van der Waals surface area contributed by atoms with Crippen LogP contribution in [0.4, 0.5) is 8.78 Å². The van der Waals surface area contributed by atoms with Crippen LogP contribution < -0.4 is 0 Å². The Labute approximate surface area is 143 Å². The Hall–Kier alpha value is -0.685. The summed E-state index contributed by atoms with van der Waals surface area (Å²) in [6, 6.07) is 0. The van der Waals surface area contributed by atoms with E-state index < -0.39 is 12.3 Å². The molecule has 0 unspecified atom stereocenters. The van der Waals surface area contributed by atoms with Gasteiger partial charge in [0.1, 0.15) is 0 Å². The standard InChI is InChI=1S/C17H28BF2NO3/c1-15(2)16(3,4)24-18(23-15)11-12-9-17(10-12)5-7-21(8-6-17)14(22)13(19)20/h12-13H,5-11H2,1-4H3. The highest BCUT2D eigenvalue weighted by Gasteiger charge is 2.54. The van der Waals surface area contributed by atoms with Crippen molar-refractivity contribution in [2.24, 2.45) is 11.3 Å². The van der Waals surface area contributed by atoms with E-state index in [1.807, 2.05) is 0 Å². The summed E-state index contributed by atoms with van der Waals surface area (Å²) in [4.78, 5) is 12.7. The molecule has 1 aliphatic carbocycles. The van der Waals surface area contributed by atoms with Gasteiger partial charge in [0, 0.05) is 13.1 Å². The number of carbonyl (C=O) groups is 1. The molecule has 0 radical (unpaired) electrons. The predicted molar refractivity (Wildman–Crippen MR) is 87.9 cm³/mol. The number of carbonyl (C=O) groups excluding carboxylic acids is 1. The Morgan fingerprint density at radius 3 is 2.08 bits per heavy atom. The summed E-state index contributed by atoms with van der Waals surface area (Å²) in [7, 11) is -0.155. The summed E-state index contributed by atoms with van der Waals surface area (Å²) in [5.74, 6) is -0.449. The molecule has 2 saturated heterocycles. The first-order valence-corrected chi connectivity index (χ1v) is 8.96. The molecule has 3 aliphatic rings. The molecule has 3 fully saturated rings. The highest BCUT2D eigenvalue weighted by Crippen LogP contribution is 2.55. The van der Waals surface area contributed by atoms with E-state index in [0.717, 1.165) is 32.0 Å². The second-order valence-corrected chi connectivity index (χ2v) is 8.82. The van der Waals surface area contributed by atoms with E-state index in [-0.39, 0.29) is 23.7 Å². The maximum atomic E-state index is 12.5. The third kappa shape index (κ3) is 3.21. The van der Waals surface area contributed by atoms with Gasteiger partial charge < -0.3 is 14.2 Å². The summed E-state index contributed by atoms with van der Waals surface area (Å²) >= 11 is 0. The lowest BCUT2D eigenvalue weighted by molar-refractivity contribution is -0.146. The van der Waals surface area contributed by atoms with E-state index in [1.54, 1.807) is 0 Å². The maximum Gasteiger partial charge on any atom is 0.458 e. The zero-order chi connectivity index (χ0) is 17.8. The van der Waals surface area contributed by atoms with Gasteiger partial charge in [0.2, 0.25) is 0 Å². The van der Waals surface area contributed by atoms with Crippen LogP contribution in [0.5, 0.6) is 0 Å². The average molecular weight is 343 g/mol. The second-order valence-electron chi connectivity index (χ2n) is 8.82. The van der Waals surface area contributed by atoms with Gasteiger partial charge in [-0.1, -0.05) is 0 Å². The van der Waals surface area contributed by atoms with Crippen molar-refractivity contribution < 1.29 is 22.9 Å². The first-order valence-electron chi connectivity index (χ1n) is 8.96. The van der Waals surface area contributed by atoms with E-state index >= 15 is 0 Å². The number of hydrogen-bond acceptors (Lipinski definition) is 3. The van der Waals surface area contributed by atoms with Crippen LogP contribution in [0.1, 0.15) is 53.4 Å². The van der Waals surface area contributed by atoms with Crippen molar-refractivity contribution in [2.75, 3.05) is 13.1 Å². The molecule has 0 atom stereocenters. The summed E-state index contributed by atoms with van der Waals surface area (Å²) in [6.07, 6.45) is 1.88. The summed E-state index contributed by atoms with van der Waals surface area (Å²) in [5, 5.41) is 0. The molecular formula is C17H28BF2NO3. The van der Waals surface area contributed by atoms with Gasteiger partial charge in [0.05, 0.1) is 11.2 Å². The highest BCUT2D eigenvalue weighted by atomic mass is 19.3. The molecule has 0 aromatic rings. The first-order chi connectivity index (χ1) is 11.0. The van der Waals surface area contributed by atoms with Gasteiger partial charge in [0.15, 0.2) is 0 Å². The fraction of sp³-hybridized carbons (Fsp3) is 0.941. The SMILES string of the molecule is CC1(C)OB(CC2CC3(CCN(C(=O)C(F)F)CC3)C2)OC1(C)C. The lowest BCUT2D eigenvalue weighted by Crippen LogP contribution is -2.50. The number of likely N-dealkylation sites (tertiary alicyclic amines) is 1. The number of nitrogens with zero attached hydrogens (tertiary/aromatic N) is 1. The number of piperidine rings is 1. The first kappa shape index (κ1) is 18.1. The molecule has 4 nitrogen and oxygen atoms in total. The van der Waals surface area contributed by atoms with E-state index in [4.69, 9.17) is 9.31 Å². The number of amides is 1. The summed E-state index contributed by atoms with van der Waals surface area (Å²) in [6.45, 7) is 9.17. The van der Waals surface area contributed by atoms with Gasteiger partial charge in [-0.25, -0.2) is 0 Å². The minimum absolute atomic E-state index is 0.155. The molecular weight excluding hydrogens is 315 g/mol. The Balaban J connectivity index is 1.45. The normalized spacial score (nSPS) is 28.5. The molecule has 1 saturated carbocycles. The van der Waals surface area contributed by atoms with Crippen LogP contribution in [0.3, 0.4) is 0 Å². The molecule has 3 rings (SSSR count). The molecule has 2 aliphatic heterocycles. The molecule has 136 valence electrons. The predicted octanol–water partition coefficient (Wildman–Crippen LogP) is 3.36. The van der Waals surface area contributed by atoms with Crippen molar-refractivity contribution in [2.45, 2.75) is 77.3 Å². The second kappa shape index (κ2) is 5.94. The van der Waals surface area contributed by atoms with Crippen LogP contribution in [-0.2, 0) is 14.1 Å². The molecule has 1 amide bonds. The third-order valence-electron chi connectivity index (χ3n) is 6.59. The van der Waals surface area contributed by atoms with Crippen molar-refractivity contribution in [1.29, 1.82) is 0 Å². The van der Waals surface area contributed by atoms with Crippen LogP contribution in [0.2, 0.25) is 6.32 Å². The largest absolute Gasteiger partial charge is 0.458 e. The lowest BCUT2D eigenvalue weighted by atomic mass is 9.53. The van der Waals surface area contributed by atoms with E-state index in [1.165, 1.54) is 4.90 Å². The van der Waals surface area contributed by atoms with Gasteiger partial charge in [-0.15, -0.1) is 0 Å². The minimum atomic E-state index is -2.88. The summed E-state index contributed by atoms with van der Waals surface area (Å²) < 4.78 is 37.1. The van der Waals surface area contributed by atoms with E-state index in [0.29, 0.717) is 19.0 Å². The minimum Gasteiger partial charge on any atom is -0.403 e. The highest BCUT2D eigenvalue weighted by molar-refractivity contribution is 6.45. The third-order valence-corrected chi connectivity index (χ3v) is 6.59. The van der Waals surface area contributed by atoms with E-state index in [9.17, 15) is 13.6 Å². The lowest BCUT2D eigenvalue weighted by Gasteiger charge is -2.52. The van der Waals surface area contributed by atoms with Crippen molar-refractivity contribution >= 4 is 13.0 Å². The Morgan fingerprint density at radius 2 is 1.62 bits per heavy atom. The van der Waals surface area contributed by atoms with Gasteiger partial charge in [-0.05, 0) is 71.0 Å². The van der Waals surface area contributed by atoms with Crippen molar-refractivity contribution in [3.8, 4) is 0 Å². The Morgan fingerprint density at radius 1 is 1.12 bits per heavy atom. The molecule has 7 heteroatoms. The number of halogens is 2. The van der Waals surface area contributed by atoms with Crippen LogP contribution in [0.25, 0.3) is 0 Å². The number of rotatable bonds is 3. The quantitative estimate of drug-likeness (QED) is 0.738. The topological polar surface area (TPSA) is 38.8 Å². The Kier molecular flexibility index (Phi) is 4.48. The zero-order valence-corrected chi connectivity index (χ0v) is 15.1. The van der Waals surface area contributed by atoms with Gasteiger partial charge >= 0.3 is 13.5 Å². The molecule has 0 aromatic heterocycles. The molecule has 0 aromatic carbocycles. The fourth-order valence-electron chi connectivity index (χ4n) is 4.41. The van der Waals surface area contributed by atoms with Crippen molar-refractivity contribution in [1.82, 2.24) is 4.90 Å². The van der Waals surface area contributed by atoms with Gasteiger partial charge in [0.25, 0.3) is 5.91 Å². The van der Waals surface area contributed by atoms with Crippen molar-refractivity contribution in [3.63, 3.8) is 0 Å². The number of alkyl halides is 2. The molecule has 2 heterocycles. The summed E-state index contributed by atoms with van der Waals surface area (Å²) in [5.41, 5.74) is -0.340. The molecule has 0 bridgehead atoms. The number of hydrogen-bond donors (Lipinski definition) is 0.